The van der Waals surface area contributed by atoms with E-state index in [0.29, 0.717) is 12.5 Å². The van der Waals surface area contributed by atoms with Gasteiger partial charge in [0.05, 0.1) is 11.0 Å². The highest BCUT2D eigenvalue weighted by molar-refractivity contribution is 8.77. The second-order valence-corrected chi connectivity index (χ2v) is 12.9. The van der Waals surface area contributed by atoms with Crippen LogP contribution in [0.15, 0.2) is 0 Å². The van der Waals surface area contributed by atoms with E-state index in [-0.39, 0.29) is 28.1 Å². The van der Waals surface area contributed by atoms with Gasteiger partial charge >= 0.3 is 0 Å². The van der Waals surface area contributed by atoms with Gasteiger partial charge in [0, 0.05) is 17.5 Å². The van der Waals surface area contributed by atoms with Crippen molar-refractivity contribution < 1.29 is 17.8 Å². The highest BCUT2D eigenvalue weighted by atomic mass is 33.1. The number of carbonyl (C=O) groups is 1. The third-order valence-electron chi connectivity index (χ3n) is 3.08. The molecule has 0 bridgehead atoms. The van der Waals surface area contributed by atoms with Crippen LogP contribution in [0.5, 0.6) is 0 Å². The Bertz CT molecular complexity index is 456. The Morgan fingerprint density at radius 1 is 1.12 bits per heavy atom. The van der Waals surface area contributed by atoms with Crippen LogP contribution in [0.3, 0.4) is 0 Å². The van der Waals surface area contributed by atoms with Crippen molar-refractivity contribution in [3.8, 4) is 0 Å². The largest absolute Gasteiger partial charge is 0.355 e. The van der Waals surface area contributed by atoms with Gasteiger partial charge in [-0.15, -0.1) is 0 Å². The van der Waals surface area contributed by atoms with Crippen molar-refractivity contribution in [3.05, 3.63) is 0 Å². The molecule has 1 amide bonds. The maximum absolute atomic E-state index is 12.1. The van der Waals surface area contributed by atoms with Gasteiger partial charge in [0.1, 0.15) is 0 Å². The fourth-order valence-electron chi connectivity index (χ4n) is 1.68. The second-order valence-electron chi connectivity index (χ2n) is 6.02. The molecule has 2 N–H and O–H groups in total. The lowest BCUT2D eigenvalue weighted by Gasteiger charge is -2.19. The van der Waals surface area contributed by atoms with E-state index >= 15 is 0 Å². The number of rotatable bonds is 13. The molecular formula is C14H29NO4S5. The lowest BCUT2D eigenvalue weighted by Crippen LogP contribution is -2.36. The molecule has 0 spiro atoms. The van der Waals surface area contributed by atoms with Gasteiger partial charge in [-0.1, -0.05) is 70.9 Å². The first-order valence-corrected chi connectivity index (χ1v) is 14.4. The first kappa shape index (κ1) is 24.8. The van der Waals surface area contributed by atoms with Gasteiger partial charge in [0.25, 0.3) is 10.1 Å². The first-order valence-electron chi connectivity index (χ1n) is 7.79. The second kappa shape index (κ2) is 13.0. The van der Waals surface area contributed by atoms with E-state index in [2.05, 4.69) is 5.32 Å². The summed E-state index contributed by atoms with van der Waals surface area (Å²) >= 11 is 0. The monoisotopic (exact) mass is 435 g/mol. The zero-order valence-corrected chi connectivity index (χ0v) is 18.9. The fraction of sp³-hybridized carbons (Fsp3) is 0.929. The molecule has 0 fully saturated rings. The normalized spacial score (nSPS) is 14.8. The van der Waals surface area contributed by atoms with Crippen molar-refractivity contribution in [2.24, 2.45) is 11.8 Å². The molecule has 24 heavy (non-hydrogen) atoms. The average Bonchev–Trinajstić information content (AvgIpc) is 2.44. The van der Waals surface area contributed by atoms with Gasteiger partial charge in [0.15, 0.2) is 0 Å². The minimum Gasteiger partial charge on any atom is -0.355 e. The van der Waals surface area contributed by atoms with E-state index in [1.54, 1.807) is 32.4 Å². The summed E-state index contributed by atoms with van der Waals surface area (Å²) in [6, 6.07) is 0. The molecule has 5 nitrogen and oxygen atoms in total. The summed E-state index contributed by atoms with van der Waals surface area (Å²) in [5, 5.41) is 2.79. The minimum absolute atomic E-state index is 0.0397. The molecule has 0 aromatic carbocycles. The lowest BCUT2D eigenvalue weighted by molar-refractivity contribution is -0.121. The zero-order valence-electron chi connectivity index (χ0n) is 14.9. The SMILES string of the molecule is CSS[C@@H](C(=O)NCCCSS[C@@H](CS(=O)(=O)O)C(C)C)C(C)C. The van der Waals surface area contributed by atoms with Gasteiger partial charge in [-0.2, -0.15) is 8.42 Å². The predicted octanol–water partition coefficient (Wildman–Crippen LogP) is 3.82. The van der Waals surface area contributed by atoms with Crippen molar-refractivity contribution in [1.82, 2.24) is 5.32 Å². The van der Waals surface area contributed by atoms with Gasteiger partial charge in [0.2, 0.25) is 5.91 Å². The van der Waals surface area contributed by atoms with E-state index in [9.17, 15) is 13.2 Å². The topological polar surface area (TPSA) is 83.5 Å². The van der Waals surface area contributed by atoms with E-state index in [1.807, 2.05) is 34.0 Å². The Balaban J connectivity index is 4.02. The molecule has 0 aromatic heterocycles. The van der Waals surface area contributed by atoms with Crippen LogP contribution in [0, 0.1) is 11.8 Å². The van der Waals surface area contributed by atoms with Crippen molar-refractivity contribution in [1.29, 1.82) is 0 Å². The summed E-state index contributed by atoms with van der Waals surface area (Å²) in [7, 11) is 2.32. The quantitative estimate of drug-likeness (QED) is 0.257. The standard InChI is InChI=1S/C14H29NO4S5/c1-10(2)12(9-24(17,18)19)22-21-8-6-7-15-14(16)13(11(3)4)23-20-5/h10-13H,6-9H2,1-5H3,(H,15,16)(H,17,18,19)/t12-,13+/m0/s1. The maximum atomic E-state index is 12.1. The molecule has 0 aromatic rings. The Kier molecular flexibility index (Phi) is 13.4. The summed E-state index contributed by atoms with van der Waals surface area (Å²) in [4.78, 5) is 12.1. The molecule has 2 atom stereocenters. The Morgan fingerprint density at radius 3 is 2.21 bits per heavy atom. The smallest absolute Gasteiger partial charge is 0.265 e. The third kappa shape index (κ3) is 12.2. The van der Waals surface area contributed by atoms with Crippen LogP contribution in [0.25, 0.3) is 0 Å². The van der Waals surface area contributed by atoms with Crippen LogP contribution in [0.1, 0.15) is 34.1 Å². The van der Waals surface area contributed by atoms with Gasteiger partial charge < -0.3 is 5.32 Å². The summed E-state index contributed by atoms with van der Waals surface area (Å²) in [6.07, 6.45) is 2.80. The molecule has 10 heteroatoms. The Hall–Kier alpha value is 0.780. The van der Waals surface area contributed by atoms with Gasteiger partial charge in [-0.3, -0.25) is 9.35 Å². The minimum atomic E-state index is -3.95. The zero-order chi connectivity index (χ0) is 18.8. The predicted molar refractivity (Wildman–Crippen MR) is 112 cm³/mol. The van der Waals surface area contributed by atoms with E-state index in [4.69, 9.17) is 4.55 Å². The third-order valence-corrected chi connectivity index (χ3v) is 9.63. The summed E-state index contributed by atoms with van der Waals surface area (Å²) in [6.45, 7) is 8.59. The molecule has 0 saturated heterocycles. The number of hydrogen-bond acceptors (Lipinski definition) is 7. The van der Waals surface area contributed by atoms with Crippen LogP contribution in [-0.2, 0) is 14.9 Å². The molecule has 0 unspecified atom stereocenters. The molecule has 0 heterocycles. The highest BCUT2D eigenvalue weighted by Crippen LogP contribution is 2.32. The van der Waals surface area contributed by atoms with Crippen LogP contribution >= 0.6 is 43.2 Å². The van der Waals surface area contributed by atoms with Gasteiger partial charge in [-0.25, -0.2) is 0 Å². The van der Waals surface area contributed by atoms with Crippen molar-refractivity contribution in [2.75, 3.05) is 24.3 Å². The maximum Gasteiger partial charge on any atom is 0.265 e. The Labute approximate surface area is 162 Å². The van der Waals surface area contributed by atoms with Crippen molar-refractivity contribution in [2.45, 2.75) is 44.6 Å². The molecule has 0 aliphatic rings. The van der Waals surface area contributed by atoms with Crippen LogP contribution in [0.4, 0.5) is 0 Å². The van der Waals surface area contributed by atoms with E-state index in [1.165, 1.54) is 10.8 Å². The number of nitrogens with one attached hydrogen (secondary N) is 1. The summed E-state index contributed by atoms with van der Waals surface area (Å²) in [5.41, 5.74) is 0. The average molecular weight is 436 g/mol. The van der Waals surface area contributed by atoms with Crippen molar-refractivity contribution in [3.63, 3.8) is 0 Å². The highest BCUT2D eigenvalue weighted by Gasteiger charge is 2.22. The van der Waals surface area contributed by atoms with Crippen molar-refractivity contribution >= 4 is 59.2 Å². The summed E-state index contributed by atoms with van der Waals surface area (Å²) in [5.74, 6) is 1.13. The van der Waals surface area contributed by atoms with E-state index < -0.39 is 10.1 Å². The van der Waals surface area contributed by atoms with Gasteiger partial charge in [-0.05, 0) is 24.5 Å². The molecule has 144 valence electrons. The Morgan fingerprint density at radius 2 is 1.75 bits per heavy atom. The molecule has 0 aliphatic carbocycles. The first-order chi connectivity index (χ1) is 11.1. The number of hydrogen-bond donors (Lipinski definition) is 2. The lowest BCUT2D eigenvalue weighted by atomic mass is 10.1. The molecule has 0 rings (SSSR count). The molecule has 0 aliphatic heterocycles. The molecule has 0 saturated carbocycles. The fourth-order valence-corrected chi connectivity index (χ4v) is 8.46. The van der Waals surface area contributed by atoms with Crippen LogP contribution < -0.4 is 5.32 Å². The molecular weight excluding hydrogens is 406 g/mol. The van der Waals surface area contributed by atoms with Crippen LogP contribution in [0.2, 0.25) is 0 Å². The molecule has 0 radical (unpaired) electrons. The van der Waals surface area contributed by atoms with E-state index in [0.717, 1.165) is 12.2 Å². The van der Waals surface area contributed by atoms with Crippen LogP contribution in [-0.4, -0.2) is 53.7 Å². The number of amides is 1. The summed E-state index contributed by atoms with van der Waals surface area (Å²) < 4.78 is 31.0. The number of carbonyl (C=O) groups excluding carboxylic acids is 1.